The second kappa shape index (κ2) is 12.1. The Hall–Kier alpha value is -1.06. The topological polar surface area (TPSA) is 52.6 Å². The van der Waals surface area contributed by atoms with Gasteiger partial charge in [-0.1, -0.05) is 61.8 Å². The summed E-state index contributed by atoms with van der Waals surface area (Å²) in [6.07, 6.45) is 7.33. The number of hydrogen-bond donors (Lipinski definition) is 0. The summed E-state index contributed by atoms with van der Waals surface area (Å²) in [5, 5.41) is 0. The Morgan fingerprint density at radius 1 is 0.767 bits per heavy atom. The maximum Gasteiger partial charge on any atom is 0.306 e. The fraction of sp³-hybridized carbons (Fsp3) is 0.923. The third kappa shape index (κ3) is 13.3. The highest BCUT2D eigenvalue weighted by Crippen LogP contribution is 2.31. The monoisotopic (exact) mass is 424 g/mol. The SMILES string of the molecule is CC(CC(=O)OCC1CCCC(COC(=O)CC(C)CC(C)(C)C)C1)CC(C)(C)C. The summed E-state index contributed by atoms with van der Waals surface area (Å²) < 4.78 is 11.2. The second-order valence-corrected chi connectivity index (χ2v) is 12.4. The summed E-state index contributed by atoms with van der Waals surface area (Å²) in [5.41, 5.74) is 0.469. The highest BCUT2D eigenvalue weighted by Gasteiger charge is 2.26. The molecule has 4 heteroatoms. The van der Waals surface area contributed by atoms with Crippen LogP contribution in [0, 0.1) is 34.5 Å². The zero-order valence-corrected chi connectivity index (χ0v) is 21.0. The second-order valence-electron chi connectivity index (χ2n) is 12.4. The molecule has 4 unspecified atom stereocenters. The van der Waals surface area contributed by atoms with E-state index in [2.05, 4.69) is 55.4 Å². The van der Waals surface area contributed by atoms with E-state index in [0.29, 0.717) is 49.7 Å². The van der Waals surface area contributed by atoms with E-state index in [1.807, 2.05) is 0 Å². The number of ether oxygens (including phenoxy) is 2. The van der Waals surface area contributed by atoms with Crippen molar-refractivity contribution in [2.45, 2.75) is 107 Å². The largest absolute Gasteiger partial charge is 0.465 e. The van der Waals surface area contributed by atoms with Gasteiger partial charge in [0, 0.05) is 12.8 Å². The molecule has 4 atom stereocenters. The number of esters is 2. The van der Waals surface area contributed by atoms with E-state index in [1.54, 1.807) is 0 Å². The van der Waals surface area contributed by atoms with Crippen molar-refractivity contribution in [2.75, 3.05) is 13.2 Å². The summed E-state index contributed by atoms with van der Waals surface area (Å²) in [5.74, 6) is 1.32. The Bertz CT molecular complexity index is 480. The van der Waals surface area contributed by atoms with Gasteiger partial charge in [-0.2, -0.15) is 0 Å². The van der Waals surface area contributed by atoms with E-state index < -0.39 is 0 Å². The minimum Gasteiger partial charge on any atom is -0.465 e. The van der Waals surface area contributed by atoms with Gasteiger partial charge in [0.25, 0.3) is 0 Å². The molecule has 0 radical (unpaired) electrons. The van der Waals surface area contributed by atoms with E-state index in [1.165, 1.54) is 0 Å². The Labute approximate surface area is 185 Å². The van der Waals surface area contributed by atoms with Gasteiger partial charge in [0.2, 0.25) is 0 Å². The van der Waals surface area contributed by atoms with Gasteiger partial charge in [-0.25, -0.2) is 0 Å². The fourth-order valence-electron chi connectivity index (χ4n) is 5.05. The minimum absolute atomic E-state index is 0.0758. The van der Waals surface area contributed by atoms with E-state index >= 15 is 0 Å². The van der Waals surface area contributed by atoms with Crippen LogP contribution in [0.25, 0.3) is 0 Å². The van der Waals surface area contributed by atoms with Gasteiger partial charge < -0.3 is 9.47 Å². The van der Waals surface area contributed by atoms with Crippen LogP contribution < -0.4 is 0 Å². The van der Waals surface area contributed by atoms with Gasteiger partial charge in [0.1, 0.15) is 0 Å². The number of hydrogen-bond acceptors (Lipinski definition) is 4. The molecule has 0 aromatic carbocycles. The lowest BCUT2D eigenvalue weighted by Gasteiger charge is -2.29. The number of carbonyl (C=O) groups is 2. The maximum atomic E-state index is 12.2. The zero-order valence-electron chi connectivity index (χ0n) is 21.0. The van der Waals surface area contributed by atoms with Crippen molar-refractivity contribution in [3.8, 4) is 0 Å². The third-order valence-corrected chi connectivity index (χ3v) is 5.80. The Kier molecular flexibility index (Phi) is 10.9. The van der Waals surface area contributed by atoms with Crippen LogP contribution in [0.4, 0.5) is 0 Å². The van der Waals surface area contributed by atoms with Gasteiger partial charge >= 0.3 is 11.9 Å². The van der Waals surface area contributed by atoms with Crippen molar-refractivity contribution in [2.24, 2.45) is 34.5 Å². The van der Waals surface area contributed by atoms with Gasteiger partial charge in [-0.05, 0) is 66.6 Å². The van der Waals surface area contributed by atoms with Crippen molar-refractivity contribution in [3.63, 3.8) is 0 Å². The van der Waals surface area contributed by atoms with Gasteiger partial charge in [0.05, 0.1) is 13.2 Å². The molecule has 176 valence electrons. The Morgan fingerprint density at radius 3 is 1.47 bits per heavy atom. The summed E-state index contributed by atoms with van der Waals surface area (Å²) in [7, 11) is 0. The first-order valence-electron chi connectivity index (χ1n) is 12.0. The Balaban J connectivity index is 2.28. The van der Waals surface area contributed by atoms with Gasteiger partial charge in [-0.15, -0.1) is 0 Å². The predicted octanol–water partition coefficient (Wildman–Crippen LogP) is 6.80. The van der Waals surface area contributed by atoms with Crippen LogP contribution >= 0.6 is 0 Å². The minimum atomic E-state index is -0.0758. The third-order valence-electron chi connectivity index (χ3n) is 5.80. The quantitative estimate of drug-likeness (QED) is 0.362. The lowest BCUT2D eigenvalue weighted by molar-refractivity contribution is -0.147. The van der Waals surface area contributed by atoms with E-state index in [4.69, 9.17) is 9.47 Å². The summed E-state index contributed by atoms with van der Waals surface area (Å²) in [4.78, 5) is 24.4. The van der Waals surface area contributed by atoms with Crippen molar-refractivity contribution in [3.05, 3.63) is 0 Å². The normalized spacial score (nSPS) is 22.3. The molecule has 1 rings (SSSR count). The van der Waals surface area contributed by atoms with Crippen LogP contribution in [-0.2, 0) is 19.1 Å². The predicted molar refractivity (Wildman–Crippen MR) is 123 cm³/mol. The average molecular weight is 425 g/mol. The number of carbonyl (C=O) groups excluding carboxylic acids is 2. The van der Waals surface area contributed by atoms with Gasteiger partial charge in [-0.3, -0.25) is 9.59 Å². The fourth-order valence-corrected chi connectivity index (χ4v) is 5.05. The first kappa shape index (κ1) is 27.0. The molecule has 0 aromatic rings. The van der Waals surface area contributed by atoms with Crippen LogP contribution in [-0.4, -0.2) is 25.2 Å². The molecule has 0 aromatic heterocycles. The summed E-state index contributed by atoms with van der Waals surface area (Å²) in [6.45, 7) is 18.5. The molecule has 0 N–H and O–H groups in total. The molecule has 1 saturated carbocycles. The first-order valence-corrected chi connectivity index (χ1v) is 12.0. The lowest BCUT2D eigenvalue weighted by Crippen LogP contribution is -2.26. The van der Waals surface area contributed by atoms with Crippen LogP contribution in [0.3, 0.4) is 0 Å². The van der Waals surface area contributed by atoms with Crippen LogP contribution in [0.15, 0.2) is 0 Å². The molecule has 4 nitrogen and oxygen atoms in total. The lowest BCUT2D eigenvalue weighted by atomic mass is 9.82. The van der Waals surface area contributed by atoms with Crippen molar-refractivity contribution >= 4 is 11.9 Å². The average Bonchev–Trinajstić information content (AvgIpc) is 2.55. The van der Waals surface area contributed by atoms with E-state index in [0.717, 1.165) is 38.5 Å². The van der Waals surface area contributed by atoms with Crippen LogP contribution in [0.5, 0.6) is 0 Å². The van der Waals surface area contributed by atoms with Crippen LogP contribution in [0.1, 0.15) is 107 Å². The molecule has 30 heavy (non-hydrogen) atoms. The molecule has 1 fully saturated rings. The molecule has 1 aliphatic rings. The Morgan fingerprint density at radius 2 is 1.13 bits per heavy atom. The van der Waals surface area contributed by atoms with Crippen molar-refractivity contribution < 1.29 is 19.1 Å². The molecular formula is C26H48O4. The van der Waals surface area contributed by atoms with Crippen molar-refractivity contribution in [1.29, 1.82) is 0 Å². The molecule has 0 bridgehead atoms. The molecule has 0 amide bonds. The first-order chi connectivity index (χ1) is 13.7. The van der Waals surface area contributed by atoms with Gasteiger partial charge in [0.15, 0.2) is 0 Å². The smallest absolute Gasteiger partial charge is 0.306 e. The molecule has 0 heterocycles. The molecule has 0 aliphatic heterocycles. The molecule has 0 saturated heterocycles. The van der Waals surface area contributed by atoms with E-state index in [9.17, 15) is 9.59 Å². The van der Waals surface area contributed by atoms with Crippen LogP contribution in [0.2, 0.25) is 0 Å². The summed E-state index contributed by atoms with van der Waals surface area (Å²) in [6, 6.07) is 0. The number of rotatable bonds is 10. The zero-order chi connectivity index (χ0) is 22.9. The van der Waals surface area contributed by atoms with Crippen molar-refractivity contribution in [1.82, 2.24) is 0 Å². The standard InChI is InChI=1S/C26H48O4/c1-19(15-25(3,4)5)12-23(27)29-17-21-10-9-11-22(14-21)18-30-24(28)13-20(2)16-26(6,7)8/h19-22H,9-18H2,1-8H3. The highest BCUT2D eigenvalue weighted by atomic mass is 16.5. The highest BCUT2D eigenvalue weighted by molar-refractivity contribution is 5.70. The molecule has 1 aliphatic carbocycles. The maximum absolute atomic E-state index is 12.2. The molecular weight excluding hydrogens is 376 g/mol. The van der Waals surface area contributed by atoms with E-state index in [-0.39, 0.29) is 22.8 Å². The summed E-state index contributed by atoms with van der Waals surface area (Å²) >= 11 is 0. The molecule has 0 spiro atoms.